The van der Waals surface area contributed by atoms with Gasteiger partial charge in [-0.2, -0.15) is 0 Å². The van der Waals surface area contributed by atoms with Crippen LogP contribution >= 0.6 is 0 Å². The third-order valence-corrected chi connectivity index (χ3v) is 10.7. The monoisotopic (exact) mass is 650 g/mol. The predicted octanol–water partition coefficient (Wildman–Crippen LogP) is 11.9. The largest absolute Gasteiger partial charge is 0.436 e. The number of hydrogen-bond donors (Lipinski definition) is 0. The molecule has 51 heavy (non-hydrogen) atoms. The van der Waals surface area contributed by atoms with Crippen molar-refractivity contribution in [3.8, 4) is 45.0 Å². The lowest BCUT2D eigenvalue weighted by Gasteiger charge is -2.13. The molecule has 0 radical (unpaired) electrons. The second-order valence-corrected chi connectivity index (χ2v) is 13.4. The summed E-state index contributed by atoms with van der Waals surface area (Å²) < 4.78 is 11.1. The first-order valence-electron chi connectivity index (χ1n) is 17.3. The molecule has 5 nitrogen and oxygen atoms in total. The normalized spacial score (nSPS) is 12.3. The van der Waals surface area contributed by atoms with E-state index in [2.05, 4.69) is 130 Å². The molecule has 0 unspecified atom stereocenters. The molecule has 5 heterocycles. The molecule has 0 saturated carbocycles. The van der Waals surface area contributed by atoms with Crippen LogP contribution in [0.15, 0.2) is 162 Å². The van der Waals surface area contributed by atoms with E-state index in [1.807, 2.05) is 36.4 Å². The minimum absolute atomic E-state index is 0.533. The molecule has 4 aromatic heterocycles. The van der Waals surface area contributed by atoms with Crippen LogP contribution in [0.3, 0.4) is 0 Å². The zero-order valence-corrected chi connectivity index (χ0v) is 27.2. The molecular formula is C46H26N4O. The predicted molar refractivity (Wildman–Crippen MR) is 208 cm³/mol. The molecule has 7 aromatic carbocycles. The summed E-state index contributed by atoms with van der Waals surface area (Å²) in [5, 5.41) is 5.69. The Kier molecular flexibility index (Phi) is 5.17. The summed E-state index contributed by atoms with van der Waals surface area (Å²) in [5.74, 6) is 0.774. The number of hydrogen-bond acceptors (Lipinski definition) is 3. The van der Waals surface area contributed by atoms with Gasteiger partial charge in [-0.05, 0) is 47.5 Å². The zero-order valence-electron chi connectivity index (χ0n) is 27.2. The Morgan fingerprint density at radius 1 is 0.431 bits per heavy atom. The quantitative estimate of drug-likeness (QED) is 0.187. The molecule has 0 fully saturated rings. The van der Waals surface area contributed by atoms with Crippen molar-refractivity contribution >= 4 is 65.8 Å². The highest BCUT2D eigenvalue weighted by Gasteiger charge is 2.27. The third kappa shape index (κ3) is 3.54. The molecule has 11 aromatic rings. The number of benzene rings is 7. The maximum Gasteiger partial charge on any atom is 0.247 e. The Balaban J connectivity index is 1.26. The van der Waals surface area contributed by atoms with Crippen LogP contribution in [0.5, 0.6) is 0 Å². The van der Waals surface area contributed by atoms with Gasteiger partial charge < -0.3 is 8.98 Å². The van der Waals surface area contributed by atoms with Gasteiger partial charge in [0.2, 0.25) is 5.71 Å². The SMILES string of the molecule is c1ccc(-c2nc3oc4ccccc4c3nc2-n2c3ccccc3c3cc4c(cc32)c2cccc3c2n4-c2ccccc2-c2ccccc2-3)cc1. The topological polar surface area (TPSA) is 48.8 Å². The lowest BCUT2D eigenvalue weighted by Crippen LogP contribution is -2.03. The summed E-state index contributed by atoms with van der Waals surface area (Å²) in [6.45, 7) is 0. The molecule has 0 saturated heterocycles. The molecule has 5 heteroatoms. The molecule has 0 aliphatic carbocycles. The lowest BCUT2D eigenvalue weighted by atomic mass is 9.94. The van der Waals surface area contributed by atoms with E-state index in [4.69, 9.17) is 14.4 Å². The van der Waals surface area contributed by atoms with Crippen LogP contribution in [0.1, 0.15) is 0 Å². The van der Waals surface area contributed by atoms with Gasteiger partial charge in [0, 0.05) is 43.6 Å². The van der Waals surface area contributed by atoms with Crippen LogP contribution in [-0.4, -0.2) is 19.1 Å². The second kappa shape index (κ2) is 9.80. The van der Waals surface area contributed by atoms with Gasteiger partial charge in [-0.1, -0.05) is 121 Å². The van der Waals surface area contributed by atoms with Crippen LogP contribution in [-0.2, 0) is 0 Å². The van der Waals surface area contributed by atoms with Gasteiger partial charge >= 0.3 is 0 Å². The average molecular weight is 651 g/mol. The smallest absolute Gasteiger partial charge is 0.247 e. The molecule has 1 aliphatic rings. The third-order valence-electron chi connectivity index (χ3n) is 10.7. The summed E-state index contributed by atoms with van der Waals surface area (Å²) >= 11 is 0. The first-order chi connectivity index (χ1) is 25.3. The molecular weight excluding hydrogens is 625 g/mol. The standard InChI is InChI=1S/C46H26N4O/c1-2-13-27(14-3-1)42-45(47-43-34-19-8-11-24-41(34)51-46(43)48-42)50-38-23-10-7-18-31(38)35-25-39-36(26-40(35)50)33-21-12-20-32-29-16-5-4-15-28(29)30-17-6-9-22-37(30)49(39)44(32)33/h1-26H. The number of aromatic nitrogens is 4. The van der Waals surface area contributed by atoms with Gasteiger partial charge in [-0.15, -0.1) is 0 Å². The van der Waals surface area contributed by atoms with Crippen molar-refractivity contribution in [3.05, 3.63) is 158 Å². The summed E-state index contributed by atoms with van der Waals surface area (Å²) in [5.41, 5.74) is 14.5. The van der Waals surface area contributed by atoms with E-state index in [1.165, 1.54) is 49.7 Å². The van der Waals surface area contributed by atoms with E-state index in [1.54, 1.807) is 0 Å². The number of para-hydroxylation sites is 4. The van der Waals surface area contributed by atoms with Gasteiger partial charge in [-0.3, -0.25) is 4.57 Å². The summed E-state index contributed by atoms with van der Waals surface area (Å²) in [6.07, 6.45) is 0. The Bertz CT molecular complexity index is 3250. The molecule has 12 rings (SSSR count). The Morgan fingerprint density at radius 3 is 1.92 bits per heavy atom. The molecule has 0 atom stereocenters. The number of nitrogens with zero attached hydrogens (tertiary/aromatic N) is 4. The van der Waals surface area contributed by atoms with E-state index >= 15 is 0 Å². The van der Waals surface area contributed by atoms with Crippen molar-refractivity contribution in [3.63, 3.8) is 0 Å². The van der Waals surface area contributed by atoms with Crippen LogP contribution in [0.2, 0.25) is 0 Å². The lowest BCUT2D eigenvalue weighted by molar-refractivity contribution is 0.653. The number of fused-ring (bicyclic) bond motifs is 14. The van der Waals surface area contributed by atoms with Gasteiger partial charge in [0.25, 0.3) is 0 Å². The van der Waals surface area contributed by atoms with E-state index in [-0.39, 0.29) is 0 Å². The van der Waals surface area contributed by atoms with Gasteiger partial charge in [0.1, 0.15) is 16.8 Å². The molecule has 0 spiro atoms. The highest BCUT2D eigenvalue weighted by atomic mass is 16.3. The Hall–Kier alpha value is -6.98. The van der Waals surface area contributed by atoms with Gasteiger partial charge in [-0.25, -0.2) is 9.97 Å². The maximum absolute atomic E-state index is 6.28. The van der Waals surface area contributed by atoms with Crippen molar-refractivity contribution < 1.29 is 4.42 Å². The van der Waals surface area contributed by atoms with Crippen LogP contribution in [0.25, 0.3) is 111 Å². The van der Waals surface area contributed by atoms with E-state index in [0.717, 1.165) is 55.4 Å². The Labute approximate surface area is 291 Å². The van der Waals surface area contributed by atoms with Crippen LogP contribution in [0, 0.1) is 0 Å². The summed E-state index contributed by atoms with van der Waals surface area (Å²) in [6, 6.07) is 56.1. The van der Waals surface area contributed by atoms with E-state index < -0.39 is 0 Å². The van der Waals surface area contributed by atoms with Crippen molar-refractivity contribution in [2.45, 2.75) is 0 Å². The minimum atomic E-state index is 0.533. The van der Waals surface area contributed by atoms with E-state index in [9.17, 15) is 0 Å². The fourth-order valence-corrected chi connectivity index (χ4v) is 8.53. The first kappa shape index (κ1) is 26.9. The van der Waals surface area contributed by atoms with Crippen LogP contribution < -0.4 is 0 Å². The highest BCUT2D eigenvalue weighted by molar-refractivity contribution is 6.22. The zero-order chi connectivity index (χ0) is 33.2. The van der Waals surface area contributed by atoms with E-state index in [0.29, 0.717) is 5.71 Å². The van der Waals surface area contributed by atoms with Gasteiger partial charge in [0.15, 0.2) is 5.82 Å². The molecule has 0 amide bonds. The Morgan fingerprint density at radius 2 is 1.06 bits per heavy atom. The molecule has 0 bridgehead atoms. The first-order valence-corrected chi connectivity index (χ1v) is 17.3. The highest BCUT2D eigenvalue weighted by Crippen LogP contribution is 2.48. The fourth-order valence-electron chi connectivity index (χ4n) is 8.53. The molecule has 1 aliphatic heterocycles. The van der Waals surface area contributed by atoms with Crippen LogP contribution in [0.4, 0.5) is 0 Å². The van der Waals surface area contributed by atoms with Crippen molar-refractivity contribution in [1.29, 1.82) is 0 Å². The van der Waals surface area contributed by atoms with Crippen molar-refractivity contribution in [2.24, 2.45) is 0 Å². The number of rotatable bonds is 2. The minimum Gasteiger partial charge on any atom is -0.436 e. The summed E-state index contributed by atoms with van der Waals surface area (Å²) in [4.78, 5) is 10.6. The maximum atomic E-state index is 6.28. The molecule has 236 valence electrons. The summed E-state index contributed by atoms with van der Waals surface area (Å²) in [7, 11) is 0. The molecule has 0 N–H and O–H groups in total. The van der Waals surface area contributed by atoms with Gasteiger partial charge in [0.05, 0.1) is 27.8 Å². The second-order valence-electron chi connectivity index (χ2n) is 13.4. The van der Waals surface area contributed by atoms with Crippen molar-refractivity contribution in [2.75, 3.05) is 0 Å². The van der Waals surface area contributed by atoms with Crippen molar-refractivity contribution in [1.82, 2.24) is 19.1 Å². The fraction of sp³-hybridized carbons (Fsp3) is 0. The number of furan rings is 1. The average Bonchev–Trinajstić information content (AvgIpc) is 3.80.